The van der Waals surface area contributed by atoms with Gasteiger partial charge in [-0.1, -0.05) is 18.2 Å². The van der Waals surface area contributed by atoms with Crippen LogP contribution in [0.3, 0.4) is 0 Å². The Morgan fingerprint density at radius 2 is 1.74 bits per heavy atom. The molecular formula is C19H17F3N2O3. The number of alkyl halides is 3. The van der Waals surface area contributed by atoms with Gasteiger partial charge in [0.25, 0.3) is 0 Å². The number of nitrogens with zero attached hydrogens (tertiary/aromatic N) is 1. The maximum Gasteiger partial charge on any atom is 0.436 e. The van der Waals surface area contributed by atoms with E-state index >= 15 is 0 Å². The molecule has 0 aliphatic carbocycles. The third-order valence-corrected chi connectivity index (χ3v) is 4.17. The Balaban J connectivity index is 2.19. The zero-order chi connectivity index (χ0) is 19.8. The molecule has 0 unspecified atom stereocenters. The van der Waals surface area contributed by atoms with Gasteiger partial charge in [0.05, 0.1) is 7.11 Å². The summed E-state index contributed by atoms with van der Waals surface area (Å²) < 4.78 is 51.0. The minimum Gasteiger partial charge on any atom is -0.507 e. The van der Waals surface area contributed by atoms with Crippen LogP contribution in [0.2, 0.25) is 0 Å². The molecule has 0 aliphatic rings. The minimum atomic E-state index is -4.71. The average molecular weight is 378 g/mol. The van der Waals surface area contributed by atoms with E-state index in [1.807, 2.05) is 5.10 Å². The maximum atomic E-state index is 13.4. The molecule has 0 aliphatic heterocycles. The molecule has 142 valence electrons. The summed E-state index contributed by atoms with van der Waals surface area (Å²) in [5.74, 6) is -0.0690. The second-order valence-corrected chi connectivity index (χ2v) is 5.93. The average Bonchev–Trinajstić information content (AvgIpc) is 3.03. The van der Waals surface area contributed by atoms with Crippen molar-refractivity contribution < 1.29 is 27.8 Å². The van der Waals surface area contributed by atoms with Crippen molar-refractivity contribution in [3.05, 3.63) is 53.2 Å². The zero-order valence-corrected chi connectivity index (χ0v) is 14.8. The first-order valence-electron chi connectivity index (χ1n) is 8.00. The van der Waals surface area contributed by atoms with Crippen LogP contribution in [0.5, 0.6) is 23.0 Å². The van der Waals surface area contributed by atoms with Gasteiger partial charge in [-0.05, 0) is 37.6 Å². The maximum absolute atomic E-state index is 13.4. The molecule has 1 heterocycles. The highest BCUT2D eigenvalue weighted by Gasteiger charge is 2.39. The topological polar surface area (TPSA) is 67.4 Å². The summed E-state index contributed by atoms with van der Waals surface area (Å²) in [5.41, 5.74) is -0.132. The number of para-hydroxylation sites is 1. The highest BCUT2D eigenvalue weighted by atomic mass is 19.4. The molecule has 3 aromatic rings. The number of aromatic amines is 1. The van der Waals surface area contributed by atoms with Crippen LogP contribution in [0.1, 0.15) is 16.8 Å². The molecule has 0 fully saturated rings. The lowest BCUT2D eigenvalue weighted by Crippen LogP contribution is -2.07. The second-order valence-electron chi connectivity index (χ2n) is 5.93. The first-order valence-corrected chi connectivity index (χ1v) is 8.00. The number of aryl methyl sites for hydroxylation is 1. The van der Waals surface area contributed by atoms with E-state index in [2.05, 4.69) is 5.10 Å². The van der Waals surface area contributed by atoms with Gasteiger partial charge in [0.15, 0.2) is 11.4 Å². The fourth-order valence-electron chi connectivity index (χ4n) is 2.68. The summed E-state index contributed by atoms with van der Waals surface area (Å²) in [7, 11) is 1.43. The number of H-pyrrole nitrogens is 1. The van der Waals surface area contributed by atoms with Crippen molar-refractivity contribution >= 4 is 0 Å². The van der Waals surface area contributed by atoms with Crippen molar-refractivity contribution in [1.82, 2.24) is 10.2 Å². The van der Waals surface area contributed by atoms with Gasteiger partial charge in [0.2, 0.25) is 0 Å². The van der Waals surface area contributed by atoms with Crippen molar-refractivity contribution in [1.29, 1.82) is 0 Å². The number of hydrogen-bond acceptors (Lipinski definition) is 4. The predicted octanol–water partition coefficient (Wildman–Crippen LogP) is 5.22. The standard InChI is InChI=1S/C19H17F3N2O3/c1-10-6-4-5-7-13(10)27-17-15(23-24-18(17)19(20,21)22)12-8-9-14(26-3)11(2)16(12)25/h4-9,25H,1-3H3,(H,23,24). The van der Waals surface area contributed by atoms with E-state index < -0.39 is 17.6 Å². The van der Waals surface area contributed by atoms with Crippen molar-refractivity contribution in [2.45, 2.75) is 20.0 Å². The number of halogens is 3. The number of aromatic hydroxyl groups is 1. The van der Waals surface area contributed by atoms with Crippen LogP contribution in [0.15, 0.2) is 36.4 Å². The lowest BCUT2D eigenvalue weighted by molar-refractivity contribution is -0.142. The molecule has 0 radical (unpaired) electrons. The van der Waals surface area contributed by atoms with Gasteiger partial charge in [-0.3, -0.25) is 5.10 Å². The molecule has 2 aromatic carbocycles. The summed E-state index contributed by atoms with van der Waals surface area (Å²) in [4.78, 5) is 0. The van der Waals surface area contributed by atoms with Crippen molar-refractivity contribution in [3.63, 3.8) is 0 Å². The fourth-order valence-corrected chi connectivity index (χ4v) is 2.68. The molecule has 5 nitrogen and oxygen atoms in total. The van der Waals surface area contributed by atoms with E-state index in [1.165, 1.54) is 13.2 Å². The largest absolute Gasteiger partial charge is 0.507 e. The summed E-state index contributed by atoms with van der Waals surface area (Å²) >= 11 is 0. The van der Waals surface area contributed by atoms with Gasteiger partial charge in [0, 0.05) is 11.1 Å². The van der Waals surface area contributed by atoms with Crippen LogP contribution in [-0.4, -0.2) is 22.4 Å². The van der Waals surface area contributed by atoms with Crippen LogP contribution in [0, 0.1) is 13.8 Å². The predicted molar refractivity (Wildman–Crippen MR) is 93.2 cm³/mol. The van der Waals surface area contributed by atoms with Crippen molar-refractivity contribution in [3.8, 4) is 34.3 Å². The van der Waals surface area contributed by atoms with Crippen LogP contribution < -0.4 is 9.47 Å². The van der Waals surface area contributed by atoms with Crippen LogP contribution in [0.25, 0.3) is 11.3 Å². The molecule has 3 rings (SSSR count). The summed E-state index contributed by atoms with van der Waals surface area (Å²) in [6, 6.07) is 9.67. The number of phenolic OH excluding ortho intramolecular Hbond substituents is 1. The van der Waals surface area contributed by atoms with Gasteiger partial charge in [-0.25, -0.2) is 0 Å². The van der Waals surface area contributed by atoms with Crippen molar-refractivity contribution in [2.24, 2.45) is 0 Å². The summed E-state index contributed by atoms with van der Waals surface area (Å²) in [6.07, 6.45) is -4.71. The Kier molecular flexibility index (Phi) is 4.73. The minimum absolute atomic E-state index is 0.101. The van der Waals surface area contributed by atoms with Crippen LogP contribution >= 0.6 is 0 Å². The number of rotatable bonds is 4. The van der Waals surface area contributed by atoms with Crippen LogP contribution in [0.4, 0.5) is 13.2 Å². The van der Waals surface area contributed by atoms with E-state index in [-0.39, 0.29) is 22.8 Å². The second kappa shape index (κ2) is 6.86. The molecule has 1 aromatic heterocycles. The molecule has 27 heavy (non-hydrogen) atoms. The summed E-state index contributed by atoms with van der Waals surface area (Å²) in [6.45, 7) is 3.31. The number of ether oxygens (including phenoxy) is 2. The lowest BCUT2D eigenvalue weighted by Gasteiger charge is -2.14. The molecule has 0 saturated carbocycles. The van der Waals surface area contributed by atoms with E-state index in [1.54, 1.807) is 44.2 Å². The van der Waals surface area contributed by atoms with Gasteiger partial charge in [-0.2, -0.15) is 18.3 Å². The van der Waals surface area contributed by atoms with E-state index in [4.69, 9.17) is 9.47 Å². The summed E-state index contributed by atoms with van der Waals surface area (Å²) in [5, 5.41) is 16.2. The molecule has 0 saturated heterocycles. The number of nitrogens with one attached hydrogen (secondary N) is 1. The Morgan fingerprint density at radius 3 is 2.37 bits per heavy atom. The van der Waals surface area contributed by atoms with Crippen molar-refractivity contribution in [2.75, 3.05) is 7.11 Å². The Hall–Kier alpha value is -3.16. The molecule has 0 bridgehead atoms. The Bertz CT molecular complexity index is 981. The monoisotopic (exact) mass is 378 g/mol. The molecule has 0 spiro atoms. The zero-order valence-electron chi connectivity index (χ0n) is 14.8. The van der Waals surface area contributed by atoms with Gasteiger partial charge >= 0.3 is 6.18 Å². The number of phenols is 1. The molecule has 8 heteroatoms. The van der Waals surface area contributed by atoms with E-state index in [0.717, 1.165) is 0 Å². The van der Waals surface area contributed by atoms with Gasteiger partial charge in [-0.15, -0.1) is 0 Å². The number of methoxy groups -OCH3 is 1. The third-order valence-electron chi connectivity index (χ3n) is 4.17. The SMILES string of the molecule is COc1ccc(-c2n[nH]c(C(F)(F)F)c2Oc2ccccc2C)c(O)c1C. The first kappa shape index (κ1) is 18.6. The molecule has 0 atom stereocenters. The van der Waals surface area contributed by atoms with Gasteiger partial charge < -0.3 is 14.6 Å². The molecule has 2 N–H and O–H groups in total. The Labute approximate surface area is 153 Å². The molecule has 0 amide bonds. The quantitative estimate of drug-likeness (QED) is 0.653. The first-order chi connectivity index (χ1) is 12.7. The smallest absolute Gasteiger partial charge is 0.436 e. The van der Waals surface area contributed by atoms with Gasteiger partial charge in [0.1, 0.15) is 22.9 Å². The molecular weight excluding hydrogens is 361 g/mol. The third kappa shape index (κ3) is 3.42. The highest BCUT2D eigenvalue weighted by Crippen LogP contribution is 2.46. The number of aromatic nitrogens is 2. The fraction of sp³-hybridized carbons (Fsp3) is 0.211. The van der Waals surface area contributed by atoms with E-state index in [9.17, 15) is 18.3 Å². The lowest BCUT2D eigenvalue weighted by atomic mass is 10.0. The highest BCUT2D eigenvalue weighted by molar-refractivity contribution is 5.76. The normalized spacial score (nSPS) is 11.5. The van der Waals surface area contributed by atoms with Crippen LogP contribution in [-0.2, 0) is 6.18 Å². The number of benzene rings is 2. The number of hydrogen-bond donors (Lipinski definition) is 2. The Morgan fingerprint density at radius 1 is 1.04 bits per heavy atom. The van der Waals surface area contributed by atoms with E-state index in [0.29, 0.717) is 16.9 Å².